The number of hydrogen-bond donors (Lipinski definition) is 2. The zero-order valence-corrected chi connectivity index (χ0v) is 20.2. The molecular formula is C29H25F3N4O. The van der Waals surface area contributed by atoms with Crippen LogP contribution in [0.2, 0.25) is 0 Å². The van der Waals surface area contributed by atoms with Crippen molar-refractivity contribution in [2.75, 3.05) is 5.32 Å². The topological polar surface area (TPSA) is 54.3 Å². The van der Waals surface area contributed by atoms with Crippen molar-refractivity contribution in [1.82, 2.24) is 9.97 Å². The number of H-pyrrole nitrogens is 1. The number of fused-ring (bicyclic) bond motifs is 4. The fourth-order valence-electron chi connectivity index (χ4n) is 6.13. The van der Waals surface area contributed by atoms with E-state index in [0.29, 0.717) is 29.1 Å². The molecule has 2 aromatic heterocycles. The first-order valence-electron chi connectivity index (χ1n) is 12.5. The van der Waals surface area contributed by atoms with Crippen LogP contribution in [0.3, 0.4) is 0 Å². The Hall–Kier alpha value is -3.99. The molecule has 3 aliphatic carbocycles. The first-order valence-corrected chi connectivity index (χ1v) is 12.5. The second kappa shape index (κ2) is 9.15. The first-order chi connectivity index (χ1) is 17.9. The first kappa shape index (κ1) is 23.4. The molecule has 3 fully saturated rings. The molecule has 0 aliphatic heterocycles. The van der Waals surface area contributed by atoms with Gasteiger partial charge in [-0.15, -0.1) is 0 Å². The van der Waals surface area contributed by atoms with Crippen molar-refractivity contribution in [3.63, 3.8) is 0 Å². The van der Waals surface area contributed by atoms with Crippen molar-refractivity contribution in [2.24, 2.45) is 17.8 Å². The highest BCUT2D eigenvalue weighted by Gasteiger charge is 2.42. The van der Waals surface area contributed by atoms with E-state index in [9.17, 15) is 8.78 Å². The number of nitrogens with one attached hydrogen (secondary N) is 2. The third-order valence-electron chi connectivity index (χ3n) is 8.04. The minimum Gasteiger partial charge on any atom is -0.465 e. The molecule has 0 saturated heterocycles. The molecule has 188 valence electrons. The summed E-state index contributed by atoms with van der Waals surface area (Å²) in [5.41, 5.74) is 0.292. The van der Waals surface area contributed by atoms with Gasteiger partial charge in [-0.25, -0.2) is 23.0 Å². The Bertz CT molecular complexity index is 1520. The molecule has 3 saturated carbocycles. The molecule has 4 aromatic rings. The molecule has 2 N–H and O–H groups in total. The normalized spacial score (nSPS) is 22.7. The summed E-state index contributed by atoms with van der Waals surface area (Å²) in [7, 11) is 0. The molecule has 0 unspecified atom stereocenters. The molecule has 7 rings (SSSR count). The van der Waals surface area contributed by atoms with E-state index in [1.165, 1.54) is 25.1 Å². The fraction of sp³-hybridized carbons (Fsp3) is 0.310. The van der Waals surface area contributed by atoms with Crippen molar-refractivity contribution in [1.29, 1.82) is 0 Å². The van der Waals surface area contributed by atoms with E-state index in [1.54, 1.807) is 30.3 Å². The number of para-hydroxylation sites is 1. The zero-order chi connectivity index (χ0) is 25.7. The van der Waals surface area contributed by atoms with E-state index in [-0.39, 0.29) is 39.9 Å². The van der Waals surface area contributed by atoms with Crippen LogP contribution < -0.4 is 10.1 Å². The maximum absolute atomic E-state index is 16.1. The van der Waals surface area contributed by atoms with Crippen LogP contribution >= 0.6 is 0 Å². The van der Waals surface area contributed by atoms with Crippen LogP contribution in [-0.2, 0) is 0 Å². The van der Waals surface area contributed by atoms with Gasteiger partial charge in [0.05, 0.1) is 17.8 Å². The Morgan fingerprint density at radius 1 is 1.05 bits per heavy atom. The predicted molar refractivity (Wildman–Crippen MR) is 136 cm³/mol. The highest BCUT2D eigenvalue weighted by molar-refractivity contribution is 5.99. The minimum absolute atomic E-state index is 0.0241. The number of halogens is 3. The lowest BCUT2D eigenvalue weighted by Gasteiger charge is -2.47. The average molecular weight is 503 g/mol. The van der Waals surface area contributed by atoms with E-state index in [2.05, 4.69) is 27.1 Å². The molecule has 2 aromatic carbocycles. The number of nitrogens with zero attached hydrogens (tertiary/aromatic N) is 2. The van der Waals surface area contributed by atoms with E-state index >= 15 is 4.39 Å². The third kappa shape index (κ3) is 3.99. The quantitative estimate of drug-likeness (QED) is 0.270. The van der Waals surface area contributed by atoms with Gasteiger partial charge in [-0.1, -0.05) is 25.1 Å². The number of pyridine rings is 1. The number of rotatable bonds is 5. The van der Waals surface area contributed by atoms with Crippen LogP contribution in [0.1, 0.15) is 32.6 Å². The number of hydrogen-bond acceptors (Lipinski definition) is 3. The number of ether oxygens (including phenoxy) is 1. The molecule has 8 heteroatoms. The second-order valence-corrected chi connectivity index (χ2v) is 10.0. The lowest BCUT2D eigenvalue weighted by atomic mass is 9.62. The molecule has 5 nitrogen and oxygen atoms in total. The standard InChI is InChI=1S/C29H25F3N4O/c1-15-16-8-10-17(11-9-16)24(15)35-29-23(32)28(37-19-6-4-3-5-7-19)27(33-2)26(36-29)21-14-34-25-20(21)12-18(30)13-22(25)31/h3-7,12-17,24,34H,8-11H2,1H3,(H,35,36)/t15-,16?,17?,24+/m1/s1. The Morgan fingerprint density at radius 2 is 1.78 bits per heavy atom. The zero-order valence-electron chi connectivity index (χ0n) is 20.2. The third-order valence-corrected chi connectivity index (χ3v) is 8.04. The number of aromatic nitrogens is 2. The maximum atomic E-state index is 16.1. The SMILES string of the molecule is [C-]#[N+]c1c(-c2c[nH]c3c(F)cc(F)cc23)nc(N[C@@H]2C3CCC(CC3)[C@H]2C)c(F)c1Oc1ccccc1. The maximum Gasteiger partial charge on any atom is 0.257 e. The van der Waals surface area contributed by atoms with Gasteiger partial charge >= 0.3 is 0 Å². The second-order valence-electron chi connectivity index (χ2n) is 10.0. The molecule has 0 spiro atoms. The van der Waals surface area contributed by atoms with Gasteiger partial charge in [-0.2, -0.15) is 0 Å². The fourth-order valence-corrected chi connectivity index (χ4v) is 6.13. The van der Waals surface area contributed by atoms with Crippen molar-refractivity contribution < 1.29 is 17.9 Å². The van der Waals surface area contributed by atoms with Crippen LogP contribution in [-0.4, -0.2) is 16.0 Å². The summed E-state index contributed by atoms with van der Waals surface area (Å²) in [5.74, 6) is -0.903. The van der Waals surface area contributed by atoms with Gasteiger partial charge in [0.15, 0.2) is 17.4 Å². The van der Waals surface area contributed by atoms with Gasteiger partial charge in [0.25, 0.3) is 5.69 Å². The highest BCUT2D eigenvalue weighted by Crippen LogP contribution is 2.49. The van der Waals surface area contributed by atoms with Gasteiger partial charge in [0, 0.05) is 29.3 Å². The van der Waals surface area contributed by atoms with Crippen LogP contribution in [0.4, 0.5) is 24.7 Å². The van der Waals surface area contributed by atoms with Gasteiger partial charge in [0.2, 0.25) is 0 Å². The van der Waals surface area contributed by atoms with Crippen molar-refractivity contribution >= 4 is 22.4 Å². The predicted octanol–water partition coefficient (Wildman–Crippen LogP) is 8.23. The van der Waals surface area contributed by atoms with Crippen LogP contribution in [0, 0.1) is 41.8 Å². The molecule has 3 aliphatic rings. The Kier molecular flexibility index (Phi) is 5.79. The summed E-state index contributed by atoms with van der Waals surface area (Å²) in [4.78, 5) is 10.9. The number of benzene rings is 2. The van der Waals surface area contributed by atoms with Crippen LogP contribution in [0.25, 0.3) is 27.0 Å². The van der Waals surface area contributed by atoms with Crippen molar-refractivity contribution in [2.45, 2.75) is 38.6 Å². The summed E-state index contributed by atoms with van der Waals surface area (Å²) in [6, 6.07) is 10.6. The highest BCUT2D eigenvalue weighted by atomic mass is 19.1. The summed E-state index contributed by atoms with van der Waals surface area (Å²) in [5, 5.41) is 3.56. The summed E-state index contributed by atoms with van der Waals surface area (Å²) >= 11 is 0. The number of aromatic amines is 1. The van der Waals surface area contributed by atoms with E-state index < -0.39 is 17.5 Å². The monoisotopic (exact) mass is 502 g/mol. The smallest absolute Gasteiger partial charge is 0.257 e. The van der Waals surface area contributed by atoms with Gasteiger partial charge in [0.1, 0.15) is 17.4 Å². The summed E-state index contributed by atoms with van der Waals surface area (Å²) in [6.45, 7) is 10.1. The van der Waals surface area contributed by atoms with Gasteiger partial charge < -0.3 is 15.0 Å². The molecule has 2 bridgehead atoms. The molecular weight excluding hydrogens is 477 g/mol. The largest absolute Gasteiger partial charge is 0.465 e. The van der Waals surface area contributed by atoms with Gasteiger partial charge in [-0.05, 0) is 61.6 Å². The Balaban J connectivity index is 1.54. The molecule has 2 atom stereocenters. The average Bonchev–Trinajstić information content (AvgIpc) is 3.33. The lowest BCUT2D eigenvalue weighted by molar-refractivity contribution is 0.0926. The lowest BCUT2D eigenvalue weighted by Crippen LogP contribution is -2.47. The summed E-state index contributed by atoms with van der Waals surface area (Å²) < 4.78 is 50.6. The Morgan fingerprint density at radius 3 is 2.49 bits per heavy atom. The molecule has 0 amide bonds. The number of anilines is 1. The van der Waals surface area contributed by atoms with Crippen LogP contribution in [0.15, 0.2) is 48.7 Å². The van der Waals surface area contributed by atoms with E-state index in [0.717, 1.165) is 18.9 Å². The molecule has 0 radical (unpaired) electrons. The summed E-state index contributed by atoms with van der Waals surface area (Å²) in [6.07, 6.45) is 5.97. The Labute approximate surface area is 212 Å². The molecule has 37 heavy (non-hydrogen) atoms. The minimum atomic E-state index is -0.765. The molecule has 2 heterocycles. The van der Waals surface area contributed by atoms with E-state index in [4.69, 9.17) is 11.3 Å². The van der Waals surface area contributed by atoms with Crippen LogP contribution in [0.5, 0.6) is 11.5 Å². The van der Waals surface area contributed by atoms with Crippen molar-refractivity contribution in [3.8, 4) is 22.8 Å². The van der Waals surface area contributed by atoms with E-state index in [1.807, 2.05) is 0 Å². The van der Waals surface area contributed by atoms with Gasteiger partial charge in [-0.3, -0.25) is 0 Å². The van der Waals surface area contributed by atoms with Crippen molar-refractivity contribution in [3.05, 3.63) is 77.5 Å².